The van der Waals surface area contributed by atoms with Crippen molar-refractivity contribution in [2.45, 2.75) is 13.3 Å². The molecule has 4 nitrogen and oxygen atoms in total. The second-order valence-electron chi connectivity index (χ2n) is 4.72. The van der Waals surface area contributed by atoms with E-state index in [0.29, 0.717) is 6.54 Å². The third-order valence-corrected chi connectivity index (χ3v) is 3.00. The van der Waals surface area contributed by atoms with Gasteiger partial charge in [-0.05, 0) is 42.8 Å². The van der Waals surface area contributed by atoms with Gasteiger partial charge in [0.1, 0.15) is 18.0 Å². The molecule has 110 valence electrons. The Labute approximate surface area is 124 Å². The van der Waals surface area contributed by atoms with Gasteiger partial charge in [-0.2, -0.15) is 0 Å². The van der Waals surface area contributed by atoms with E-state index in [4.69, 9.17) is 9.84 Å². The maximum atomic E-state index is 10.9. The van der Waals surface area contributed by atoms with Crippen LogP contribution in [0, 0.1) is 0 Å². The Kier molecular flexibility index (Phi) is 5.21. The third-order valence-electron chi connectivity index (χ3n) is 3.00. The van der Waals surface area contributed by atoms with Gasteiger partial charge in [-0.15, -0.1) is 0 Å². The van der Waals surface area contributed by atoms with E-state index in [1.54, 1.807) is 0 Å². The van der Waals surface area contributed by atoms with Crippen molar-refractivity contribution in [1.29, 1.82) is 0 Å². The summed E-state index contributed by atoms with van der Waals surface area (Å²) >= 11 is 0. The van der Waals surface area contributed by atoms with Crippen LogP contribution in [0.5, 0.6) is 11.5 Å². The Balaban J connectivity index is 2.08. The number of carbonyl (C=O) groups is 1. The largest absolute Gasteiger partial charge is 0.480 e. The number of benzene rings is 2. The van der Waals surface area contributed by atoms with Crippen LogP contribution in [0.2, 0.25) is 0 Å². The smallest absolute Gasteiger partial charge is 0.323 e. The third kappa shape index (κ3) is 4.53. The van der Waals surface area contributed by atoms with Crippen LogP contribution in [0.3, 0.4) is 0 Å². The molecule has 1 N–H and O–H groups in total. The molecule has 21 heavy (non-hydrogen) atoms. The first kappa shape index (κ1) is 14.9. The molecule has 2 aromatic rings. The number of carboxylic acid groups (broad SMARTS) is 1. The molecule has 0 unspecified atom stereocenters. The second-order valence-corrected chi connectivity index (χ2v) is 4.72. The molecule has 0 aromatic heterocycles. The Hall–Kier alpha value is -2.49. The molecule has 0 amide bonds. The summed E-state index contributed by atoms with van der Waals surface area (Å²) in [5.41, 5.74) is 0.889. The van der Waals surface area contributed by atoms with Crippen LogP contribution < -0.4 is 9.64 Å². The average molecular weight is 285 g/mol. The SMILES string of the molecule is CCCN(CC(=O)O)c1ccc(Oc2ccccc2)cc1. The van der Waals surface area contributed by atoms with Crippen LogP contribution in [0.25, 0.3) is 0 Å². The van der Waals surface area contributed by atoms with E-state index in [-0.39, 0.29) is 6.54 Å². The van der Waals surface area contributed by atoms with Crippen molar-refractivity contribution in [2.24, 2.45) is 0 Å². The van der Waals surface area contributed by atoms with Crippen LogP contribution in [0.15, 0.2) is 54.6 Å². The summed E-state index contributed by atoms with van der Waals surface area (Å²) < 4.78 is 5.72. The highest BCUT2D eigenvalue weighted by atomic mass is 16.5. The zero-order chi connectivity index (χ0) is 15.1. The van der Waals surface area contributed by atoms with Gasteiger partial charge in [-0.25, -0.2) is 0 Å². The summed E-state index contributed by atoms with van der Waals surface area (Å²) in [4.78, 5) is 12.7. The van der Waals surface area contributed by atoms with Gasteiger partial charge in [0.05, 0.1) is 0 Å². The number of rotatable bonds is 7. The quantitative estimate of drug-likeness (QED) is 0.841. The van der Waals surface area contributed by atoms with Crippen LogP contribution in [0.4, 0.5) is 5.69 Å². The van der Waals surface area contributed by atoms with E-state index < -0.39 is 5.97 Å². The summed E-state index contributed by atoms with van der Waals surface area (Å²) in [6.07, 6.45) is 0.898. The van der Waals surface area contributed by atoms with Crippen molar-refractivity contribution < 1.29 is 14.6 Å². The highest BCUT2D eigenvalue weighted by Gasteiger charge is 2.09. The summed E-state index contributed by atoms with van der Waals surface area (Å²) in [6, 6.07) is 17.0. The predicted octanol–water partition coefficient (Wildman–Crippen LogP) is 3.78. The van der Waals surface area contributed by atoms with Crippen molar-refractivity contribution in [3.63, 3.8) is 0 Å². The highest BCUT2D eigenvalue weighted by Crippen LogP contribution is 2.24. The Morgan fingerprint density at radius 2 is 1.67 bits per heavy atom. The van der Waals surface area contributed by atoms with Gasteiger partial charge in [0.15, 0.2) is 0 Å². The van der Waals surface area contributed by atoms with Gasteiger partial charge in [-0.3, -0.25) is 4.79 Å². The van der Waals surface area contributed by atoms with Crippen LogP contribution in [-0.4, -0.2) is 24.2 Å². The minimum absolute atomic E-state index is 0.00668. The molecular formula is C17H19NO3. The first-order chi connectivity index (χ1) is 10.2. The van der Waals surface area contributed by atoms with Crippen molar-refractivity contribution in [1.82, 2.24) is 0 Å². The van der Waals surface area contributed by atoms with E-state index in [1.165, 1.54) is 0 Å². The minimum atomic E-state index is -0.826. The molecule has 0 spiro atoms. The zero-order valence-corrected chi connectivity index (χ0v) is 12.0. The maximum Gasteiger partial charge on any atom is 0.323 e. The molecule has 4 heteroatoms. The van der Waals surface area contributed by atoms with Gasteiger partial charge < -0.3 is 14.7 Å². The summed E-state index contributed by atoms with van der Waals surface area (Å²) in [5.74, 6) is 0.686. The topological polar surface area (TPSA) is 49.8 Å². The van der Waals surface area contributed by atoms with Gasteiger partial charge >= 0.3 is 5.97 Å². The predicted molar refractivity (Wildman–Crippen MR) is 83.1 cm³/mol. The lowest BCUT2D eigenvalue weighted by atomic mass is 10.2. The molecule has 0 saturated carbocycles. The van der Waals surface area contributed by atoms with Gasteiger partial charge in [0, 0.05) is 12.2 Å². The Morgan fingerprint density at radius 1 is 1.05 bits per heavy atom. The van der Waals surface area contributed by atoms with E-state index in [2.05, 4.69) is 0 Å². The van der Waals surface area contributed by atoms with Crippen molar-refractivity contribution in [3.8, 4) is 11.5 Å². The van der Waals surface area contributed by atoms with Gasteiger partial charge in [-0.1, -0.05) is 25.1 Å². The number of para-hydroxylation sites is 1. The fourth-order valence-corrected chi connectivity index (χ4v) is 2.08. The summed E-state index contributed by atoms with van der Waals surface area (Å²) in [7, 11) is 0. The van der Waals surface area contributed by atoms with E-state index >= 15 is 0 Å². The molecule has 2 rings (SSSR count). The molecule has 0 heterocycles. The molecule has 0 aliphatic carbocycles. The lowest BCUT2D eigenvalue weighted by molar-refractivity contribution is -0.135. The maximum absolute atomic E-state index is 10.9. The fourth-order valence-electron chi connectivity index (χ4n) is 2.08. The van der Waals surface area contributed by atoms with Crippen molar-refractivity contribution >= 4 is 11.7 Å². The van der Waals surface area contributed by atoms with Crippen LogP contribution in [-0.2, 0) is 4.79 Å². The number of carboxylic acids is 1. The molecule has 0 aliphatic rings. The molecule has 0 atom stereocenters. The van der Waals surface area contributed by atoms with E-state index in [1.807, 2.05) is 66.4 Å². The lowest BCUT2D eigenvalue weighted by Gasteiger charge is -2.22. The van der Waals surface area contributed by atoms with Crippen molar-refractivity contribution in [2.75, 3.05) is 18.0 Å². The van der Waals surface area contributed by atoms with E-state index in [9.17, 15) is 4.79 Å². The van der Waals surface area contributed by atoms with Gasteiger partial charge in [0.25, 0.3) is 0 Å². The minimum Gasteiger partial charge on any atom is -0.480 e. The monoisotopic (exact) mass is 285 g/mol. The molecule has 0 aliphatic heterocycles. The molecule has 0 bridgehead atoms. The number of nitrogens with zero attached hydrogens (tertiary/aromatic N) is 1. The molecule has 0 saturated heterocycles. The number of aliphatic carboxylic acids is 1. The molecule has 0 radical (unpaired) electrons. The number of hydrogen-bond acceptors (Lipinski definition) is 3. The average Bonchev–Trinajstić information content (AvgIpc) is 2.48. The van der Waals surface area contributed by atoms with Crippen LogP contribution in [0.1, 0.15) is 13.3 Å². The van der Waals surface area contributed by atoms with Gasteiger partial charge in [0.2, 0.25) is 0 Å². The molecule has 2 aromatic carbocycles. The first-order valence-corrected chi connectivity index (χ1v) is 6.98. The lowest BCUT2D eigenvalue weighted by Crippen LogP contribution is -2.30. The standard InChI is InChI=1S/C17H19NO3/c1-2-12-18(13-17(19)20)14-8-10-16(11-9-14)21-15-6-4-3-5-7-15/h3-11H,2,12-13H2,1H3,(H,19,20). The normalized spacial score (nSPS) is 10.1. The first-order valence-electron chi connectivity index (χ1n) is 6.98. The van der Waals surface area contributed by atoms with Crippen LogP contribution >= 0.6 is 0 Å². The number of ether oxygens (including phenoxy) is 1. The highest BCUT2D eigenvalue weighted by molar-refractivity contribution is 5.73. The molecular weight excluding hydrogens is 266 g/mol. The number of hydrogen-bond donors (Lipinski definition) is 1. The van der Waals surface area contributed by atoms with Crippen molar-refractivity contribution in [3.05, 3.63) is 54.6 Å². The number of anilines is 1. The Bertz CT molecular complexity index is 566. The second kappa shape index (κ2) is 7.33. The van der Waals surface area contributed by atoms with E-state index in [0.717, 1.165) is 23.6 Å². The zero-order valence-electron chi connectivity index (χ0n) is 12.0. The summed E-state index contributed by atoms with van der Waals surface area (Å²) in [5, 5.41) is 8.95. The fraction of sp³-hybridized carbons (Fsp3) is 0.235. The summed E-state index contributed by atoms with van der Waals surface area (Å²) in [6.45, 7) is 2.75. The molecule has 0 fully saturated rings. The Morgan fingerprint density at radius 3 is 2.24 bits per heavy atom.